The van der Waals surface area contributed by atoms with Crippen LogP contribution in [0.4, 0.5) is 0 Å². The Hall–Kier alpha value is -0.610. The molecule has 0 aromatic heterocycles. The van der Waals surface area contributed by atoms with E-state index in [4.69, 9.17) is 5.11 Å². The lowest BCUT2D eigenvalue weighted by atomic mass is 9.80. The number of hydrogen-bond acceptors (Lipinski definition) is 3. The first kappa shape index (κ1) is 12.5. The Labute approximate surface area is 91.6 Å². The average Bonchev–Trinajstić information content (AvgIpc) is 2.18. The fourth-order valence-electron chi connectivity index (χ4n) is 1.92. The van der Waals surface area contributed by atoms with E-state index < -0.39 is 5.97 Å². The molecule has 15 heavy (non-hydrogen) atoms. The van der Waals surface area contributed by atoms with Crippen LogP contribution in [0.3, 0.4) is 0 Å². The maximum atomic E-state index is 10.3. The Morgan fingerprint density at radius 3 is 2.60 bits per heavy atom. The van der Waals surface area contributed by atoms with Crippen LogP contribution in [0, 0.1) is 5.41 Å². The van der Waals surface area contributed by atoms with E-state index in [0.717, 1.165) is 19.6 Å². The Bertz CT molecular complexity index is 211. The standard InChI is InChI=1S/C11H22N2O2/c1-11(4-7-13(2)8-5-11)9-12-6-3-10(14)15/h12H,3-9H2,1-2H3,(H,14,15). The molecule has 0 unspecified atom stereocenters. The molecule has 88 valence electrons. The van der Waals surface area contributed by atoms with Gasteiger partial charge in [-0.3, -0.25) is 4.79 Å². The highest BCUT2D eigenvalue weighted by Gasteiger charge is 2.28. The fourth-order valence-corrected chi connectivity index (χ4v) is 1.92. The number of aliphatic carboxylic acids is 1. The number of carboxylic acids is 1. The monoisotopic (exact) mass is 214 g/mol. The summed E-state index contributed by atoms with van der Waals surface area (Å²) >= 11 is 0. The molecular weight excluding hydrogens is 192 g/mol. The van der Waals surface area contributed by atoms with Gasteiger partial charge in [-0.05, 0) is 38.4 Å². The number of hydrogen-bond donors (Lipinski definition) is 2. The van der Waals surface area contributed by atoms with Gasteiger partial charge in [-0.15, -0.1) is 0 Å². The minimum Gasteiger partial charge on any atom is -0.481 e. The van der Waals surface area contributed by atoms with Crippen LogP contribution in [0.15, 0.2) is 0 Å². The third-order valence-electron chi connectivity index (χ3n) is 3.26. The summed E-state index contributed by atoms with van der Waals surface area (Å²) in [5, 5.41) is 11.7. The summed E-state index contributed by atoms with van der Waals surface area (Å²) in [6.07, 6.45) is 2.61. The zero-order valence-corrected chi connectivity index (χ0v) is 9.75. The molecule has 4 heteroatoms. The van der Waals surface area contributed by atoms with Crippen molar-refractivity contribution in [3.05, 3.63) is 0 Å². The van der Waals surface area contributed by atoms with Crippen molar-refractivity contribution in [2.75, 3.05) is 33.2 Å². The molecule has 0 saturated carbocycles. The normalized spacial score (nSPS) is 21.5. The van der Waals surface area contributed by atoms with Crippen molar-refractivity contribution in [3.8, 4) is 0 Å². The Balaban J connectivity index is 2.16. The molecule has 1 saturated heterocycles. The molecule has 1 fully saturated rings. The quantitative estimate of drug-likeness (QED) is 0.664. The van der Waals surface area contributed by atoms with E-state index in [1.54, 1.807) is 0 Å². The molecule has 1 heterocycles. The average molecular weight is 214 g/mol. The molecule has 0 aliphatic carbocycles. The lowest BCUT2D eigenvalue weighted by Crippen LogP contribution is -2.42. The predicted octanol–water partition coefficient (Wildman–Crippen LogP) is 0.783. The summed E-state index contributed by atoms with van der Waals surface area (Å²) in [6, 6.07) is 0. The Morgan fingerprint density at radius 2 is 2.07 bits per heavy atom. The first-order chi connectivity index (χ1) is 7.02. The van der Waals surface area contributed by atoms with Crippen molar-refractivity contribution in [1.82, 2.24) is 10.2 Å². The second-order valence-electron chi connectivity index (χ2n) is 4.93. The highest BCUT2D eigenvalue weighted by molar-refractivity contribution is 5.66. The van der Waals surface area contributed by atoms with E-state index in [0.29, 0.717) is 12.0 Å². The second kappa shape index (κ2) is 5.47. The SMILES string of the molecule is CN1CCC(C)(CNCCC(=O)O)CC1. The Morgan fingerprint density at radius 1 is 1.47 bits per heavy atom. The maximum Gasteiger partial charge on any atom is 0.304 e. The molecular formula is C11H22N2O2. The lowest BCUT2D eigenvalue weighted by molar-refractivity contribution is -0.136. The molecule has 0 radical (unpaired) electrons. The van der Waals surface area contributed by atoms with Crippen LogP contribution in [0.5, 0.6) is 0 Å². The number of likely N-dealkylation sites (tertiary alicyclic amines) is 1. The van der Waals surface area contributed by atoms with E-state index in [1.165, 1.54) is 12.8 Å². The molecule has 0 aromatic rings. The molecule has 0 bridgehead atoms. The summed E-state index contributed by atoms with van der Waals surface area (Å²) < 4.78 is 0. The topological polar surface area (TPSA) is 52.6 Å². The van der Waals surface area contributed by atoms with E-state index in [1.807, 2.05) is 0 Å². The largest absolute Gasteiger partial charge is 0.481 e. The molecule has 0 atom stereocenters. The molecule has 4 nitrogen and oxygen atoms in total. The van der Waals surface area contributed by atoms with Crippen LogP contribution in [-0.2, 0) is 4.79 Å². The maximum absolute atomic E-state index is 10.3. The van der Waals surface area contributed by atoms with Crippen LogP contribution >= 0.6 is 0 Å². The zero-order chi connectivity index (χ0) is 11.3. The number of carbonyl (C=O) groups is 1. The molecule has 0 amide bonds. The van der Waals surface area contributed by atoms with Crippen molar-refractivity contribution in [2.24, 2.45) is 5.41 Å². The minimum absolute atomic E-state index is 0.218. The van der Waals surface area contributed by atoms with Crippen molar-refractivity contribution in [1.29, 1.82) is 0 Å². The van der Waals surface area contributed by atoms with Gasteiger partial charge < -0.3 is 15.3 Å². The van der Waals surface area contributed by atoms with Gasteiger partial charge >= 0.3 is 5.97 Å². The highest BCUT2D eigenvalue weighted by atomic mass is 16.4. The van der Waals surface area contributed by atoms with Gasteiger partial charge in [0, 0.05) is 13.1 Å². The van der Waals surface area contributed by atoms with Gasteiger partial charge in [-0.1, -0.05) is 6.92 Å². The molecule has 1 aliphatic heterocycles. The van der Waals surface area contributed by atoms with E-state index in [-0.39, 0.29) is 6.42 Å². The summed E-state index contributed by atoms with van der Waals surface area (Å²) in [7, 11) is 2.15. The summed E-state index contributed by atoms with van der Waals surface area (Å²) in [5.74, 6) is -0.726. The summed E-state index contributed by atoms with van der Waals surface area (Å²) in [6.45, 7) is 6.11. The molecule has 2 N–H and O–H groups in total. The number of piperidine rings is 1. The number of carboxylic acid groups (broad SMARTS) is 1. The second-order valence-corrected chi connectivity index (χ2v) is 4.93. The summed E-state index contributed by atoms with van der Waals surface area (Å²) in [4.78, 5) is 12.7. The number of nitrogens with zero attached hydrogens (tertiary/aromatic N) is 1. The van der Waals surface area contributed by atoms with Crippen LogP contribution in [0.2, 0.25) is 0 Å². The Kier molecular flexibility index (Phi) is 4.54. The van der Waals surface area contributed by atoms with E-state index in [9.17, 15) is 4.79 Å². The van der Waals surface area contributed by atoms with Crippen molar-refractivity contribution in [3.63, 3.8) is 0 Å². The van der Waals surface area contributed by atoms with E-state index >= 15 is 0 Å². The van der Waals surface area contributed by atoms with Crippen LogP contribution < -0.4 is 5.32 Å². The molecule has 1 aliphatic rings. The number of rotatable bonds is 5. The van der Waals surface area contributed by atoms with Gasteiger partial charge in [0.25, 0.3) is 0 Å². The molecule has 0 spiro atoms. The number of nitrogens with one attached hydrogen (secondary N) is 1. The van der Waals surface area contributed by atoms with Crippen LogP contribution in [0.1, 0.15) is 26.2 Å². The van der Waals surface area contributed by atoms with Crippen molar-refractivity contribution in [2.45, 2.75) is 26.2 Å². The first-order valence-corrected chi connectivity index (χ1v) is 5.63. The lowest BCUT2D eigenvalue weighted by Gasteiger charge is -2.38. The fraction of sp³-hybridized carbons (Fsp3) is 0.909. The van der Waals surface area contributed by atoms with Crippen molar-refractivity contribution >= 4 is 5.97 Å². The van der Waals surface area contributed by atoms with Gasteiger partial charge in [0.15, 0.2) is 0 Å². The van der Waals surface area contributed by atoms with Crippen LogP contribution in [-0.4, -0.2) is 49.2 Å². The third kappa shape index (κ3) is 4.62. The van der Waals surface area contributed by atoms with Gasteiger partial charge in [-0.2, -0.15) is 0 Å². The molecule has 1 rings (SSSR count). The van der Waals surface area contributed by atoms with Gasteiger partial charge in [0.05, 0.1) is 6.42 Å². The van der Waals surface area contributed by atoms with Gasteiger partial charge in [-0.25, -0.2) is 0 Å². The van der Waals surface area contributed by atoms with Gasteiger partial charge in [0.2, 0.25) is 0 Å². The van der Waals surface area contributed by atoms with Crippen LogP contribution in [0.25, 0.3) is 0 Å². The molecule has 0 aromatic carbocycles. The summed E-state index contributed by atoms with van der Waals surface area (Å²) in [5.41, 5.74) is 0.352. The third-order valence-corrected chi connectivity index (χ3v) is 3.26. The predicted molar refractivity (Wildman–Crippen MR) is 60.0 cm³/mol. The minimum atomic E-state index is -0.726. The van der Waals surface area contributed by atoms with E-state index in [2.05, 4.69) is 24.2 Å². The van der Waals surface area contributed by atoms with Gasteiger partial charge in [0.1, 0.15) is 0 Å². The first-order valence-electron chi connectivity index (χ1n) is 5.63. The zero-order valence-electron chi connectivity index (χ0n) is 9.75. The highest BCUT2D eigenvalue weighted by Crippen LogP contribution is 2.29. The smallest absolute Gasteiger partial charge is 0.304 e. The van der Waals surface area contributed by atoms with Crippen molar-refractivity contribution < 1.29 is 9.90 Å².